The number of ketones is 4. The van der Waals surface area contributed by atoms with Gasteiger partial charge in [0.2, 0.25) is 41.1 Å². The number of nitrogens with two attached hydrogens (primary N) is 1. The number of phenols is 2. The van der Waals surface area contributed by atoms with Crippen molar-refractivity contribution in [2.75, 3.05) is 139 Å². The number of likely N-dealkylation sites (tertiary alicyclic amines) is 1. The van der Waals surface area contributed by atoms with Crippen molar-refractivity contribution in [2.45, 2.75) is 147 Å². The standard InChI is InChI=1S/C76H103N9O27/c1-42(2)63(81-56(89)19-26-103-29-31-105-33-34-106-32-30-104-27-21-78-55(88)18-22-85-57(90)35-43(3)70(85)96)51(86)36-46(11-10-20-79-73(77)97)69(95)80-47-16-14-45(15-17-47)40-108-74(98)82(5)23-24-83(6)75(99)109-41-54(87)76(100)38-49-60(67(94)62-61(65(49)92)64(91)48-12-9-13-52(101-7)59(48)66(62)93)53(39-76)111-58-37-50-68(44(4)110-58)112-71-72(102-8)107-28-25-84(50)71/h9,12-17,42-44,46,50,53,58,63,68,71-72,92,94,100H,10-11,18-41H2,1-8H3,(H,78,88)(H,80,95)(H,81,89)(H3,77,79,97)/t43?,44-,46?,50-,53-,58-,63-,68+,71?,72-,76-/m0/s1. The lowest BCUT2D eigenvalue weighted by atomic mass is 9.72. The molecule has 36 nitrogen and oxygen atoms in total. The molecule has 3 aromatic rings. The number of amides is 9. The van der Waals surface area contributed by atoms with E-state index in [-0.39, 0.29) is 194 Å². The van der Waals surface area contributed by atoms with E-state index in [0.29, 0.717) is 31.0 Å². The molecule has 9 N–H and O–H groups in total. The molecule has 0 radical (unpaired) electrons. The average Bonchev–Trinajstić information content (AvgIpc) is 0.753. The molecule has 36 heteroatoms. The number of nitrogens with zero attached hydrogens (tertiary/aromatic N) is 4. The third-order valence-electron chi connectivity index (χ3n) is 20.4. The molecule has 0 spiro atoms. The van der Waals surface area contributed by atoms with E-state index in [4.69, 9.17) is 62.6 Å². The SMILES string of the molecule is COc1cccc2c1C(=O)c1c(O)c3c(c(O)c1C2=O)C[C@@](O)(C(=O)COC(=O)N(C)CCN(C)C(=O)OCc1ccc(NC(=O)C(CCCNC(N)=O)CC(=O)[C@@H](NC(=O)CCOCCOCCOCCOCCNC(=O)CCN2C(=O)CC(C)C2=O)C(C)C)cc1)C[C@@H]3O[C@H]1C[C@H]2[C@H](OC3[C@@H](OC)OCCN32)[C@H](C)O1. The highest BCUT2D eigenvalue weighted by molar-refractivity contribution is 6.31. The fourth-order valence-electron chi connectivity index (χ4n) is 14.3. The van der Waals surface area contributed by atoms with Crippen molar-refractivity contribution in [3.63, 3.8) is 0 Å². The minimum Gasteiger partial charge on any atom is -0.507 e. The molecule has 2 aliphatic carbocycles. The van der Waals surface area contributed by atoms with Gasteiger partial charge in [0.05, 0.1) is 102 Å². The summed E-state index contributed by atoms with van der Waals surface area (Å²) in [5.41, 5.74) is 1.83. The highest BCUT2D eigenvalue weighted by Crippen LogP contribution is 2.53. The number of likely N-dealkylation sites (N-methyl/N-ethyl adjacent to an activating group) is 2. The van der Waals surface area contributed by atoms with Crippen molar-refractivity contribution in [3.05, 3.63) is 81.4 Å². The van der Waals surface area contributed by atoms with Gasteiger partial charge >= 0.3 is 18.2 Å². The molecule has 112 heavy (non-hydrogen) atoms. The van der Waals surface area contributed by atoms with E-state index in [1.165, 1.54) is 51.4 Å². The number of aliphatic hydroxyl groups is 1. The van der Waals surface area contributed by atoms with E-state index in [1.54, 1.807) is 52.0 Å². The van der Waals surface area contributed by atoms with Crippen LogP contribution in [0.2, 0.25) is 0 Å². The number of aromatic hydroxyl groups is 2. The third kappa shape index (κ3) is 21.9. The molecule has 9 rings (SSSR count). The van der Waals surface area contributed by atoms with Gasteiger partial charge in [-0.1, -0.05) is 45.0 Å². The molecule has 4 saturated heterocycles. The van der Waals surface area contributed by atoms with Crippen LogP contribution in [0, 0.1) is 17.8 Å². The highest BCUT2D eigenvalue weighted by atomic mass is 16.7. The van der Waals surface area contributed by atoms with Crippen molar-refractivity contribution in [3.8, 4) is 17.2 Å². The number of morpholine rings is 1. The average molecular weight is 1570 g/mol. The van der Waals surface area contributed by atoms with E-state index in [9.17, 15) is 72.9 Å². The Kier molecular flexibility index (Phi) is 31.3. The van der Waals surface area contributed by atoms with Gasteiger partial charge in [0, 0.05) is 146 Å². The summed E-state index contributed by atoms with van der Waals surface area (Å²) >= 11 is 0. The van der Waals surface area contributed by atoms with Crippen molar-refractivity contribution < 1.29 is 130 Å². The van der Waals surface area contributed by atoms with E-state index in [0.717, 1.165) is 9.80 Å². The van der Waals surface area contributed by atoms with Crippen LogP contribution in [0.3, 0.4) is 0 Å². The van der Waals surface area contributed by atoms with Crippen LogP contribution in [-0.2, 0) is 98.7 Å². The van der Waals surface area contributed by atoms with E-state index >= 15 is 0 Å². The molecule has 0 aromatic heterocycles. The van der Waals surface area contributed by atoms with E-state index in [1.807, 2.05) is 0 Å². The molecule has 3 aromatic carbocycles. The number of hydrogen-bond donors (Lipinski definition) is 8. The molecule has 6 aliphatic rings. The Bertz CT molecular complexity index is 3900. The number of nitrogens with one attached hydrogen (secondary N) is 4. The lowest BCUT2D eigenvalue weighted by Crippen LogP contribution is -2.55. The second-order valence-electron chi connectivity index (χ2n) is 28.6. The summed E-state index contributed by atoms with van der Waals surface area (Å²) in [5, 5.41) is 47.6. The van der Waals surface area contributed by atoms with Crippen LogP contribution < -0.4 is 31.7 Å². The lowest BCUT2D eigenvalue weighted by Gasteiger charge is -2.43. The number of phenolic OH excluding ortho intramolecular Hbond substituents is 2. The van der Waals surface area contributed by atoms with Gasteiger partial charge in [-0.3, -0.25) is 53.0 Å². The quantitative estimate of drug-likeness (QED) is 0.0180. The molecule has 4 aliphatic heterocycles. The van der Waals surface area contributed by atoms with Crippen molar-refractivity contribution >= 4 is 76.6 Å². The summed E-state index contributed by atoms with van der Waals surface area (Å²) < 4.78 is 69.1. The third-order valence-corrected chi connectivity index (χ3v) is 20.4. The predicted molar refractivity (Wildman–Crippen MR) is 391 cm³/mol. The first kappa shape index (κ1) is 86.6. The Morgan fingerprint density at radius 2 is 1.43 bits per heavy atom. The number of ether oxygens (including phenoxy) is 12. The van der Waals surface area contributed by atoms with Crippen LogP contribution in [0.1, 0.15) is 134 Å². The van der Waals surface area contributed by atoms with Gasteiger partial charge in [0.1, 0.15) is 35.6 Å². The molecule has 4 heterocycles. The van der Waals surface area contributed by atoms with Crippen molar-refractivity contribution in [2.24, 2.45) is 23.5 Å². The monoisotopic (exact) mass is 1570 g/mol. The molecule has 614 valence electrons. The first-order valence-electron chi connectivity index (χ1n) is 37.5. The Morgan fingerprint density at radius 3 is 2.07 bits per heavy atom. The van der Waals surface area contributed by atoms with E-state index < -0.39 is 150 Å². The number of hydrogen-bond acceptors (Lipinski definition) is 28. The summed E-state index contributed by atoms with van der Waals surface area (Å²) in [7, 11) is 5.58. The maximum Gasteiger partial charge on any atom is 0.409 e. The van der Waals surface area contributed by atoms with Gasteiger partial charge < -0.3 is 109 Å². The molecule has 9 amide bonds. The predicted octanol–water partition coefficient (Wildman–Crippen LogP) is 2.52. The fraction of sp³-hybridized carbons (Fsp3) is 0.605. The smallest absolute Gasteiger partial charge is 0.409 e. The van der Waals surface area contributed by atoms with Crippen LogP contribution in [0.15, 0.2) is 42.5 Å². The number of primary amides is 1. The number of urea groups is 1. The van der Waals surface area contributed by atoms with Crippen LogP contribution >= 0.6 is 0 Å². The number of carbonyl (C=O) groups excluding carboxylic acids is 12. The zero-order chi connectivity index (χ0) is 81.1. The Labute approximate surface area is 647 Å². The zero-order valence-corrected chi connectivity index (χ0v) is 64.3. The number of anilines is 1. The minimum absolute atomic E-state index is 0.0172. The van der Waals surface area contributed by atoms with Gasteiger partial charge in [-0.25, -0.2) is 14.4 Å². The maximum atomic E-state index is 14.4. The molecular formula is C76H103N9O27. The second-order valence-corrected chi connectivity index (χ2v) is 28.6. The van der Waals surface area contributed by atoms with Crippen LogP contribution in [0.5, 0.6) is 17.2 Å². The molecule has 4 fully saturated rings. The van der Waals surface area contributed by atoms with Crippen LogP contribution in [0.4, 0.5) is 20.1 Å². The number of benzene rings is 3. The summed E-state index contributed by atoms with van der Waals surface area (Å²) in [6.45, 7) is 8.65. The van der Waals surface area contributed by atoms with Gasteiger partial charge in [0.25, 0.3) is 0 Å². The summed E-state index contributed by atoms with van der Waals surface area (Å²) in [6.07, 6.45) is -7.54. The largest absolute Gasteiger partial charge is 0.507 e. The second kappa shape index (κ2) is 40.4. The van der Waals surface area contributed by atoms with Crippen LogP contribution in [-0.4, -0.2) is 288 Å². The summed E-state index contributed by atoms with van der Waals surface area (Å²) in [4.78, 5) is 163. The number of imide groups is 1. The van der Waals surface area contributed by atoms with E-state index in [2.05, 4.69) is 26.2 Å². The number of carbonyl (C=O) groups is 12. The number of fused-ring (bicyclic) bond motifs is 6. The number of rotatable bonds is 41. The van der Waals surface area contributed by atoms with Crippen molar-refractivity contribution in [1.82, 2.24) is 35.6 Å². The maximum absolute atomic E-state index is 14.4. The van der Waals surface area contributed by atoms with Crippen LogP contribution in [0.25, 0.3) is 0 Å². The van der Waals surface area contributed by atoms with Gasteiger partial charge in [-0.05, 0) is 49.4 Å². The minimum atomic E-state index is -2.49. The van der Waals surface area contributed by atoms with Crippen molar-refractivity contribution in [1.29, 1.82) is 0 Å². The Morgan fingerprint density at radius 1 is 0.768 bits per heavy atom. The lowest BCUT2D eigenvalue weighted by molar-refractivity contribution is -0.256. The highest BCUT2D eigenvalue weighted by Gasteiger charge is 2.56. The summed E-state index contributed by atoms with van der Waals surface area (Å²) in [5.74, 6) is -7.96. The number of Topliss-reactive ketones (excluding diaryl/α,β-unsaturated/α-hetero) is 2. The Balaban J connectivity index is 0.693. The first-order valence-corrected chi connectivity index (χ1v) is 37.5. The van der Waals surface area contributed by atoms with Gasteiger partial charge in [-0.2, -0.15) is 0 Å². The molecule has 11 atom stereocenters. The molecule has 0 saturated carbocycles. The topological polar surface area (TPSA) is 463 Å². The Hall–Kier alpha value is -9.34. The zero-order valence-electron chi connectivity index (χ0n) is 64.3. The molecule has 0 bridgehead atoms. The fourth-order valence-corrected chi connectivity index (χ4v) is 14.3. The first-order chi connectivity index (χ1) is 53.5. The molecule has 3 unspecified atom stereocenters. The van der Waals surface area contributed by atoms with Gasteiger partial charge in [-0.15, -0.1) is 0 Å². The molecular weight excluding hydrogens is 1470 g/mol. The number of methoxy groups -OCH3 is 2. The van der Waals surface area contributed by atoms with Gasteiger partial charge in [0.15, 0.2) is 37.0 Å². The normalized spacial score (nSPS) is 22.3. The summed E-state index contributed by atoms with van der Waals surface area (Å²) in [6, 6.07) is 8.66.